The summed E-state index contributed by atoms with van der Waals surface area (Å²) in [5.41, 5.74) is 0.652. The van der Waals surface area contributed by atoms with Crippen molar-refractivity contribution in [3.63, 3.8) is 0 Å². The van der Waals surface area contributed by atoms with E-state index in [-0.39, 0.29) is 17.9 Å². The first-order chi connectivity index (χ1) is 9.61. The number of carboxylic acid groups (broad SMARTS) is 1. The molecule has 106 valence electrons. The standard InChI is InChI=1S/C14H15FN2O3/c1-2-5-17-9-16-7-11(17)8-20-13-4-3-10(15)6-12(13)14(18)19/h3-4,6-7,9H,2,5,8H2,1H3,(H,18,19). The molecule has 0 unspecified atom stereocenters. The van der Waals surface area contributed by atoms with Gasteiger partial charge in [-0.3, -0.25) is 0 Å². The lowest BCUT2D eigenvalue weighted by atomic mass is 10.2. The predicted molar refractivity (Wildman–Crippen MR) is 70.2 cm³/mol. The molecule has 0 saturated heterocycles. The molecule has 1 aromatic carbocycles. The SMILES string of the molecule is CCCn1cncc1COc1ccc(F)cc1C(=O)O. The smallest absolute Gasteiger partial charge is 0.339 e. The summed E-state index contributed by atoms with van der Waals surface area (Å²) in [6, 6.07) is 3.44. The number of halogens is 1. The van der Waals surface area contributed by atoms with Crippen LogP contribution in [0.1, 0.15) is 29.4 Å². The van der Waals surface area contributed by atoms with Crippen LogP contribution in [0, 0.1) is 5.82 Å². The summed E-state index contributed by atoms with van der Waals surface area (Å²) in [7, 11) is 0. The zero-order valence-corrected chi connectivity index (χ0v) is 11.0. The highest BCUT2D eigenvalue weighted by Gasteiger charge is 2.13. The average molecular weight is 278 g/mol. The number of hydrogen-bond donors (Lipinski definition) is 1. The topological polar surface area (TPSA) is 64.4 Å². The Hall–Kier alpha value is -2.37. The van der Waals surface area contributed by atoms with Gasteiger partial charge in [-0.05, 0) is 24.6 Å². The lowest BCUT2D eigenvalue weighted by molar-refractivity contribution is 0.0691. The predicted octanol–water partition coefficient (Wildman–Crippen LogP) is 2.71. The van der Waals surface area contributed by atoms with Crippen molar-refractivity contribution in [1.29, 1.82) is 0 Å². The van der Waals surface area contributed by atoms with E-state index in [0.29, 0.717) is 0 Å². The van der Waals surface area contributed by atoms with E-state index in [1.165, 1.54) is 12.1 Å². The lowest BCUT2D eigenvalue weighted by Gasteiger charge is -2.10. The van der Waals surface area contributed by atoms with E-state index < -0.39 is 11.8 Å². The number of ether oxygens (including phenoxy) is 1. The number of rotatable bonds is 6. The molecule has 0 saturated carbocycles. The molecular formula is C14H15FN2O3. The summed E-state index contributed by atoms with van der Waals surface area (Å²) in [5.74, 6) is -1.68. The highest BCUT2D eigenvalue weighted by molar-refractivity contribution is 5.90. The number of benzene rings is 1. The maximum atomic E-state index is 13.1. The maximum Gasteiger partial charge on any atom is 0.339 e. The van der Waals surface area contributed by atoms with Crippen LogP contribution in [0.2, 0.25) is 0 Å². The van der Waals surface area contributed by atoms with Crippen LogP contribution >= 0.6 is 0 Å². The van der Waals surface area contributed by atoms with Gasteiger partial charge < -0.3 is 14.4 Å². The van der Waals surface area contributed by atoms with Crippen LogP contribution in [0.15, 0.2) is 30.7 Å². The van der Waals surface area contributed by atoms with Crippen molar-refractivity contribution in [2.24, 2.45) is 0 Å². The van der Waals surface area contributed by atoms with Gasteiger partial charge in [0.15, 0.2) is 0 Å². The molecule has 0 radical (unpaired) electrons. The number of nitrogens with zero attached hydrogens (tertiary/aromatic N) is 2. The minimum Gasteiger partial charge on any atom is -0.486 e. The van der Waals surface area contributed by atoms with Gasteiger partial charge in [0.1, 0.15) is 23.7 Å². The monoisotopic (exact) mass is 278 g/mol. The number of aromatic nitrogens is 2. The summed E-state index contributed by atoms with van der Waals surface area (Å²) >= 11 is 0. The van der Waals surface area contributed by atoms with E-state index in [1.807, 2.05) is 11.5 Å². The molecule has 0 aliphatic rings. The zero-order valence-electron chi connectivity index (χ0n) is 11.0. The van der Waals surface area contributed by atoms with Crippen LogP contribution in [0.25, 0.3) is 0 Å². The van der Waals surface area contributed by atoms with Crippen LogP contribution < -0.4 is 4.74 Å². The van der Waals surface area contributed by atoms with Gasteiger partial charge in [-0.15, -0.1) is 0 Å². The first-order valence-corrected chi connectivity index (χ1v) is 6.26. The fourth-order valence-electron chi connectivity index (χ4n) is 1.86. The maximum absolute atomic E-state index is 13.1. The second kappa shape index (κ2) is 6.18. The summed E-state index contributed by atoms with van der Waals surface area (Å²) in [6.07, 6.45) is 4.32. The van der Waals surface area contributed by atoms with Gasteiger partial charge in [0.05, 0.1) is 18.2 Å². The molecule has 2 aromatic rings. The summed E-state index contributed by atoms with van der Waals surface area (Å²) in [6.45, 7) is 3.05. The second-order valence-electron chi connectivity index (χ2n) is 4.31. The first-order valence-electron chi connectivity index (χ1n) is 6.26. The highest BCUT2D eigenvalue weighted by atomic mass is 19.1. The van der Waals surface area contributed by atoms with Crippen LogP contribution in [0.4, 0.5) is 4.39 Å². The van der Waals surface area contributed by atoms with Gasteiger partial charge >= 0.3 is 5.97 Å². The van der Waals surface area contributed by atoms with E-state index in [9.17, 15) is 9.18 Å². The van der Waals surface area contributed by atoms with Crippen molar-refractivity contribution < 1.29 is 19.0 Å². The third kappa shape index (κ3) is 3.14. The fraction of sp³-hybridized carbons (Fsp3) is 0.286. The number of imidazole rings is 1. The van der Waals surface area contributed by atoms with E-state index in [1.54, 1.807) is 12.5 Å². The van der Waals surface area contributed by atoms with Crippen molar-refractivity contribution in [2.45, 2.75) is 26.5 Å². The Morgan fingerprint density at radius 1 is 1.50 bits per heavy atom. The Bertz CT molecular complexity index is 610. The van der Waals surface area contributed by atoms with Gasteiger partial charge in [0, 0.05) is 6.54 Å². The highest BCUT2D eigenvalue weighted by Crippen LogP contribution is 2.21. The average Bonchev–Trinajstić information content (AvgIpc) is 2.85. The number of carboxylic acids is 1. The number of aromatic carboxylic acids is 1. The van der Waals surface area contributed by atoms with Crippen molar-refractivity contribution in [3.05, 3.63) is 47.8 Å². The van der Waals surface area contributed by atoms with Gasteiger partial charge in [-0.2, -0.15) is 0 Å². The number of carbonyl (C=O) groups is 1. The van der Waals surface area contributed by atoms with E-state index in [4.69, 9.17) is 9.84 Å². The molecule has 20 heavy (non-hydrogen) atoms. The summed E-state index contributed by atoms with van der Waals surface area (Å²) in [4.78, 5) is 15.1. The first kappa shape index (κ1) is 14.0. The normalized spacial score (nSPS) is 10.5. The molecule has 1 heterocycles. The lowest BCUT2D eigenvalue weighted by Crippen LogP contribution is -2.07. The molecule has 1 aromatic heterocycles. The largest absolute Gasteiger partial charge is 0.486 e. The minimum atomic E-state index is -1.22. The molecule has 0 spiro atoms. The quantitative estimate of drug-likeness (QED) is 0.882. The number of hydrogen-bond acceptors (Lipinski definition) is 3. The third-order valence-electron chi connectivity index (χ3n) is 2.81. The molecule has 0 aliphatic heterocycles. The van der Waals surface area contributed by atoms with E-state index >= 15 is 0 Å². The van der Waals surface area contributed by atoms with Gasteiger partial charge in [-0.25, -0.2) is 14.2 Å². The van der Waals surface area contributed by atoms with Crippen LogP contribution in [0.3, 0.4) is 0 Å². The second-order valence-corrected chi connectivity index (χ2v) is 4.31. The molecule has 0 atom stereocenters. The summed E-state index contributed by atoms with van der Waals surface area (Å²) in [5, 5.41) is 9.02. The number of aryl methyl sites for hydroxylation is 1. The fourth-order valence-corrected chi connectivity index (χ4v) is 1.86. The summed E-state index contributed by atoms with van der Waals surface area (Å²) < 4.78 is 20.5. The molecule has 6 heteroatoms. The Balaban J connectivity index is 2.14. The Labute approximate surface area is 115 Å². The molecule has 0 fully saturated rings. The van der Waals surface area contributed by atoms with Crippen molar-refractivity contribution >= 4 is 5.97 Å². The Kier molecular flexibility index (Phi) is 4.34. The Morgan fingerprint density at radius 3 is 3.00 bits per heavy atom. The van der Waals surface area contributed by atoms with Crippen molar-refractivity contribution in [3.8, 4) is 5.75 Å². The molecule has 0 bridgehead atoms. The molecule has 5 nitrogen and oxygen atoms in total. The molecule has 1 N–H and O–H groups in total. The van der Waals surface area contributed by atoms with Crippen LogP contribution in [-0.4, -0.2) is 20.6 Å². The van der Waals surface area contributed by atoms with E-state index in [0.717, 1.165) is 24.7 Å². The zero-order chi connectivity index (χ0) is 14.5. The molecule has 0 aliphatic carbocycles. The molecule has 0 amide bonds. The Morgan fingerprint density at radius 2 is 2.30 bits per heavy atom. The van der Waals surface area contributed by atoms with Crippen LogP contribution in [-0.2, 0) is 13.2 Å². The third-order valence-corrected chi connectivity index (χ3v) is 2.81. The van der Waals surface area contributed by atoms with Gasteiger partial charge in [0.2, 0.25) is 0 Å². The van der Waals surface area contributed by atoms with E-state index in [2.05, 4.69) is 4.98 Å². The van der Waals surface area contributed by atoms with Gasteiger partial charge in [-0.1, -0.05) is 6.92 Å². The van der Waals surface area contributed by atoms with Gasteiger partial charge in [0.25, 0.3) is 0 Å². The van der Waals surface area contributed by atoms with Crippen molar-refractivity contribution in [2.75, 3.05) is 0 Å². The molecular weight excluding hydrogens is 263 g/mol. The molecule has 2 rings (SSSR count). The van der Waals surface area contributed by atoms with Crippen molar-refractivity contribution in [1.82, 2.24) is 9.55 Å². The van der Waals surface area contributed by atoms with Crippen LogP contribution in [0.5, 0.6) is 5.75 Å². The minimum absolute atomic E-state index is 0.142.